The third-order valence-corrected chi connectivity index (χ3v) is 5.57. The minimum atomic E-state index is -0.869. The van der Waals surface area contributed by atoms with Gasteiger partial charge in [-0.3, -0.25) is 9.59 Å². The van der Waals surface area contributed by atoms with E-state index in [9.17, 15) is 14.7 Å². The second kappa shape index (κ2) is 6.36. The van der Waals surface area contributed by atoms with Gasteiger partial charge in [0.25, 0.3) is 0 Å². The number of carbonyl (C=O) groups is 2. The van der Waals surface area contributed by atoms with Crippen LogP contribution in [0, 0.1) is 5.92 Å². The molecule has 4 rings (SSSR count). The third kappa shape index (κ3) is 2.93. The fourth-order valence-electron chi connectivity index (χ4n) is 4.24. The van der Waals surface area contributed by atoms with E-state index < -0.39 is 11.9 Å². The highest BCUT2D eigenvalue weighted by Gasteiger charge is 2.37. The van der Waals surface area contributed by atoms with E-state index in [0.717, 1.165) is 29.5 Å². The van der Waals surface area contributed by atoms with Crippen LogP contribution < -0.4 is 0 Å². The van der Waals surface area contributed by atoms with Crippen molar-refractivity contribution in [2.24, 2.45) is 5.92 Å². The first kappa shape index (κ1) is 15.9. The zero-order valence-corrected chi connectivity index (χ0v) is 14.0. The van der Waals surface area contributed by atoms with E-state index >= 15 is 0 Å². The maximum atomic E-state index is 12.8. The smallest absolute Gasteiger partial charge is 0.307 e. The number of fused-ring (bicyclic) bond motifs is 2. The van der Waals surface area contributed by atoms with Crippen molar-refractivity contribution >= 4 is 11.9 Å². The number of amides is 1. The number of carboxylic acids is 1. The number of carbonyl (C=O) groups excluding carboxylic acids is 1. The fraction of sp³-hybridized carbons (Fsp3) is 0.333. The van der Waals surface area contributed by atoms with E-state index in [1.165, 1.54) is 5.56 Å². The lowest BCUT2D eigenvalue weighted by Crippen LogP contribution is -2.32. The molecule has 0 spiro atoms. The SMILES string of the molecule is O=C(O)C(CC(=O)N1Cc2ccccc2C1)[C@@H]1CCc2ccccc21. The molecule has 2 atom stereocenters. The number of hydrogen-bond acceptors (Lipinski definition) is 2. The summed E-state index contributed by atoms with van der Waals surface area (Å²) in [6.07, 6.45) is 1.78. The summed E-state index contributed by atoms with van der Waals surface area (Å²) in [7, 11) is 0. The Bertz CT molecular complexity index is 804. The van der Waals surface area contributed by atoms with Crippen LogP contribution in [0.1, 0.15) is 41.0 Å². The Morgan fingerprint density at radius 3 is 2.24 bits per heavy atom. The lowest BCUT2D eigenvalue weighted by molar-refractivity contribution is -0.147. The quantitative estimate of drug-likeness (QED) is 0.932. The highest BCUT2D eigenvalue weighted by Crippen LogP contribution is 2.40. The highest BCUT2D eigenvalue weighted by molar-refractivity contribution is 5.83. The van der Waals surface area contributed by atoms with Gasteiger partial charge in [0.15, 0.2) is 0 Å². The number of nitrogens with zero attached hydrogens (tertiary/aromatic N) is 1. The molecule has 0 radical (unpaired) electrons. The van der Waals surface area contributed by atoms with E-state index in [2.05, 4.69) is 6.07 Å². The molecule has 128 valence electrons. The molecule has 1 aliphatic carbocycles. The second-order valence-corrected chi connectivity index (χ2v) is 7.01. The average Bonchev–Trinajstić information content (AvgIpc) is 3.23. The van der Waals surface area contributed by atoms with Crippen LogP contribution in [-0.4, -0.2) is 21.9 Å². The molecule has 4 heteroatoms. The maximum absolute atomic E-state index is 12.8. The molecule has 0 saturated carbocycles. The molecule has 1 N–H and O–H groups in total. The van der Waals surface area contributed by atoms with Gasteiger partial charge in [-0.1, -0.05) is 48.5 Å². The van der Waals surface area contributed by atoms with Crippen LogP contribution in [-0.2, 0) is 29.1 Å². The molecule has 25 heavy (non-hydrogen) atoms. The molecular weight excluding hydrogens is 314 g/mol. The van der Waals surface area contributed by atoms with E-state index in [4.69, 9.17) is 0 Å². The van der Waals surface area contributed by atoms with Crippen LogP contribution in [0.5, 0.6) is 0 Å². The Labute approximate surface area is 147 Å². The van der Waals surface area contributed by atoms with Crippen molar-refractivity contribution in [3.63, 3.8) is 0 Å². The monoisotopic (exact) mass is 335 g/mol. The van der Waals surface area contributed by atoms with Crippen LogP contribution >= 0.6 is 0 Å². The fourth-order valence-corrected chi connectivity index (χ4v) is 4.24. The summed E-state index contributed by atoms with van der Waals surface area (Å²) in [6, 6.07) is 16.0. The van der Waals surface area contributed by atoms with Crippen molar-refractivity contribution in [3.05, 3.63) is 70.8 Å². The number of aryl methyl sites for hydroxylation is 1. The molecule has 0 aromatic heterocycles. The first-order chi connectivity index (χ1) is 12.1. The Morgan fingerprint density at radius 2 is 1.60 bits per heavy atom. The molecule has 1 heterocycles. The summed E-state index contributed by atoms with van der Waals surface area (Å²) in [6.45, 7) is 1.17. The molecule has 2 aromatic carbocycles. The predicted octanol–water partition coefficient (Wildman–Crippen LogP) is 3.35. The maximum Gasteiger partial charge on any atom is 0.307 e. The molecule has 1 unspecified atom stereocenters. The van der Waals surface area contributed by atoms with Gasteiger partial charge in [-0.25, -0.2) is 0 Å². The van der Waals surface area contributed by atoms with Crippen LogP contribution in [0.4, 0.5) is 0 Å². The molecule has 1 aliphatic heterocycles. The first-order valence-electron chi connectivity index (χ1n) is 8.78. The first-order valence-corrected chi connectivity index (χ1v) is 8.78. The number of aliphatic carboxylic acids is 1. The molecular formula is C21H21NO3. The zero-order valence-electron chi connectivity index (χ0n) is 14.0. The van der Waals surface area contributed by atoms with Crippen molar-refractivity contribution in [1.82, 2.24) is 4.90 Å². The summed E-state index contributed by atoms with van der Waals surface area (Å²) in [4.78, 5) is 26.4. The zero-order chi connectivity index (χ0) is 17.4. The van der Waals surface area contributed by atoms with E-state index in [1.807, 2.05) is 42.5 Å². The van der Waals surface area contributed by atoms with Crippen LogP contribution in [0.15, 0.2) is 48.5 Å². The predicted molar refractivity (Wildman–Crippen MR) is 93.9 cm³/mol. The normalized spacial score (nSPS) is 19.4. The van der Waals surface area contributed by atoms with E-state index in [0.29, 0.717) is 13.1 Å². The summed E-state index contributed by atoms with van der Waals surface area (Å²) in [5.41, 5.74) is 4.65. The molecule has 0 fully saturated rings. The van der Waals surface area contributed by atoms with Gasteiger partial charge in [-0.15, -0.1) is 0 Å². The third-order valence-electron chi connectivity index (χ3n) is 5.57. The summed E-state index contributed by atoms with van der Waals surface area (Å²) in [5, 5.41) is 9.75. The number of rotatable bonds is 4. The Kier molecular flexibility index (Phi) is 4.04. The standard InChI is InChI=1S/C21H21NO3/c23-20(22-12-15-6-1-2-7-16(15)13-22)11-19(21(24)25)18-10-9-14-5-3-4-8-17(14)18/h1-8,18-19H,9-13H2,(H,24,25)/t18-,19?/m1/s1. The molecule has 0 saturated heterocycles. The Hall–Kier alpha value is -2.62. The van der Waals surface area contributed by atoms with Gasteiger partial charge in [0, 0.05) is 19.5 Å². The minimum Gasteiger partial charge on any atom is -0.481 e. The molecule has 2 aromatic rings. The van der Waals surface area contributed by atoms with Gasteiger partial charge in [-0.2, -0.15) is 0 Å². The van der Waals surface area contributed by atoms with Gasteiger partial charge in [0.05, 0.1) is 5.92 Å². The minimum absolute atomic E-state index is 0.0621. The largest absolute Gasteiger partial charge is 0.481 e. The van der Waals surface area contributed by atoms with E-state index in [1.54, 1.807) is 4.90 Å². The van der Waals surface area contributed by atoms with Crippen molar-refractivity contribution in [3.8, 4) is 0 Å². The van der Waals surface area contributed by atoms with Crippen molar-refractivity contribution in [2.45, 2.75) is 38.3 Å². The van der Waals surface area contributed by atoms with Gasteiger partial charge >= 0.3 is 5.97 Å². The van der Waals surface area contributed by atoms with Crippen molar-refractivity contribution in [1.29, 1.82) is 0 Å². The average molecular weight is 335 g/mol. The summed E-state index contributed by atoms with van der Waals surface area (Å²) < 4.78 is 0. The number of carboxylic acid groups (broad SMARTS) is 1. The van der Waals surface area contributed by atoms with Gasteiger partial charge in [-0.05, 0) is 41.0 Å². The second-order valence-electron chi connectivity index (χ2n) is 7.01. The topological polar surface area (TPSA) is 57.6 Å². The van der Waals surface area contributed by atoms with Gasteiger partial charge < -0.3 is 10.0 Å². The summed E-state index contributed by atoms with van der Waals surface area (Å²) in [5.74, 6) is -1.65. The number of hydrogen-bond donors (Lipinski definition) is 1. The lowest BCUT2D eigenvalue weighted by Gasteiger charge is -2.23. The highest BCUT2D eigenvalue weighted by atomic mass is 16.4. The van der Waals surface area contributed by atoms with Crippen LogP contribution in [0.25, 0.3) is 0 Å². The molecule has 4 nitrogen and oxygen atoms in total. The lowest BCUT2D eigenvalue weighted by atomic mass is 9.84. The van der Waals surface area contributed by atoms with E-state index in [-0.39, 0.29) is 18.2 Å². The Morgan fingerprint density at radius 1 is 1.00 bits per heavy atom. The van der Waals surface area contributed by atoms with Crippen molar-refractivity contribution < 1.29 is 14.7 Å². The molecule has 1 amide bonds. The van der Waals surface area contributed by atoms with Gasteiger partial charge in [0.1, 0.15) is 0 Å². The van der Waals surface area contributed by atoms with Crippen LogP contribution in [0.3, 0.4) is 0 Å². The Balaban J connectivity index is 1.50. The van der Waals surface area contributed by atoms with Crippen molar-refractivity contribution in [2.75, 3.05) is 0 Å². The molecule has 2 aliphatic rings. The molecule has 0 bridgehead atoms. The number of benzene rings is 2. The van der Waals surface area contributed by atoms with Crippen LogP contribution in [0.2, 0.25) is 0 Å². The van der Waals surface area contributed by atoms with Gasteiger partial charge in [0.2, 0.25) is 5.91 Å². The summed E-state index contributed by atoms with van der Waals surface area (Å²) >= 11 is 0.